The van der Waals surface area contributed by atoms with E-state index in [1.54, 1.807) is 19.1 Å². The van der Waals surface area contributed by atoms with E-state index < -0.39 is 0 Å². The van der Waals surface area contributed by atoms with Gasteiger partial charge in [-0.25, -0.2) is 0 Å². The van der Waals surface area contributed by atoms with Crippen molar-refractivity contribution in [1.82, 2.24) is 5.32 Å². The second kappa shape index (κ2) is 10.5. The van der Waals surface area contributed by atoms with Crippen molar-refractivity contribution in [2.45, 2.75) is 33.0 Å². The molecule has 1 amide bonds. The Balaban J connectivity index is 1.50. The minimum absolute atomic E-state index is 0.0296. The predicted molar refractivity (Wildman–Crippen MR) is 117 cm³/mol. The summed E-state index contributed by atoms with van der Waals surface area (Å²) in [7, 11) is 3.34. The van der Waals surface area contributed by atoms with Crippen LogP contribution < -0.4 is 24.6 Å². The van der Waals surface area contributed by atoms with Gasteiger partial charge in [-0.2, -0.15) is 0 Å². The molecular weight excluding hydrogens is 378 g/mol. The highest BCUT2D eigenvalue weighted by atomic mass is 16.5. The van der Waals surface area contributed by atoms with Gasteiger partial charge in [0.1, 0.15) is 32.7 Å². The fourth-order valence-electron chi connectivity index (χ4n) is 4.14. The summed E-state index contributed by atoms with van der Waals surface area (Å²) in [5.74, 6) is 1.69. The van der Waals surface area contributed by atoms with E-state index >= 15 is 0 Å². The molecule has 1 aliphatic rings. The molecule has 3 N–H and O–H groups in total. The van der Waals surface area contributed by atoms with Crippen LogP contribution in [0.2, 0.25) is 0 Å². The van der Waals surface area contributed by atoms with E-state index in [1.165, 1.54) is 16.0 Å². The Morgan fingerprint density at radius 3 is 2.30 bits per heavy atom. The van der Waals surface area contributed by atoms with E-state index in [2.05, 4.69) is 18.3 Å². The van der Waals surface area contributed by atoms with Crippen molar-refractivity contribution in [1.29, 1.82) is 0 Å². The lowest BCUT2D eigenvalue weighted by atomic mass is 10.1. The van der Waals surface area contributed by atoms with Crippen LogP contribution in [0.3, 0.4) is 0 Å². The Bertz CT molecular complexity index is 833. The predicted octanol–water partition coefficient (Wildman–Crippen LogP) is 0.000520. The average Bonchev–Trinajstić information content (AvgIpc) is 2.79. The van der Waals surface area contributed by atoms with E-state index in [-0.39, 0.29) is 11.9 Å². The Labute approximate surface area is 179 Å². The van der Waals surface area contributed by atoms with Crippen LogP contribution in [0.5, 0.6) is 11.5 Å². The van der Waals surface area contributed by atoms with E-state index in [4.69, 9.17) is 9.47 Å². The summed E-state index contributed by atoms with van der Waals surface area (Å²) in [4.78, 5) is 15.5. The van der Waals surface area contributed by atoms with Gasteiger partial charge in [-0.05, 0) is 37.1 Å². The molecule has 0 unspecified atom stereocenters. The number of methoxy groups -OCH3 is 2. The first-order valence-electron chi connectivity index (χ1n) is 10.7. The minimum Gasteiger partial charge on any atom is -0.493 e. The second-order valence-corrected chi connectivity index (χ2v) is 8.14. The number of carbonyl (C=O) groups excluding carboxylic acids is 1. The molecule has 2 aromatic carbocycles. The van der Waals surface area contributed by atoms with E-state index in [1.807, 2.05) is 43.3 Å². The van der Waals surface area contributed by atoms with Crippen LogP contribution in [-0.2, 0) is 17.9 Å². The molecule has 1 heterocycles. The topological polar surface area (TPSA) is 56.4 Å². The number of hydrogen-bond acceptors (Lipinski definition) is 3. The van der Waals surface area contributed by atoms with Gasteiger partial charge in [0.15, 0.2) is 17.5 Å². The average molecular weight is 414 g/mol. The molecule has 1 aliphatic heterocycles. The number of benzene rings is 2. The lowest BCUT2D eigenvalue weighted by Gasteiger charge is -2.33. The standard InChI is InChI=1S/C24H33N3O3/c1-18-14-22(29-3)23(30-4)15-21(18)17-26-10-12-27(13-11-26)19(2)24(28)25-16-20-8-6-5-7-9-20/h5-9,14-15,19H,10-13,16-17H2,1-4H3,(H,25,28)/p+2/t19-/m0/s1. The van der Waals surface area contributed by atoms with Crippen LogP contribution in [0.4, 0.5) is 0 Å². The number of quaternary nitrogens is 2. The third kappa shape index (κ3) is 5.52. The van der Waals surface area contributed by atoms with Crippen LogP contribution in [-0.4, -0.2) is 52.3 Å². The quantitative estimate of drug-likeness (QED) is 0.571. The zero-order chi connectivity index (χ0) is 21.5. The number of rotatable bonds is 8. The van der Waals surface area contributed by atoms with E-state index in [0.29, 0.717) is 6.54 Å². The van der Waals surface area contributed by atoms with Gasteiger partial charge >= 0.3 is 0 Å². The fraction of sp³-hybridized carbons (Fsp3) is 0.458. The van der Waals surface area contributed by atoms with Gasteiger partial charge in [0, 0.05) is 12.1 Å². The number of carbonyl (C=O) groups is 1. The third-order valence-corrected chi connectivity index (χ3v) is 6.20. The molecule has 6 nitrogen and oxygen atoms in total. The maximum Gasteiger partial charge on any atom is 0.278 e. The van der Waals surface area contributed by atoms with Crippen molar-refractivity contribution in [3.63, 3.8) is 0 Å². The lowest BCUT2D eigenvalue weighted by Crippen LogP contribution is -3.29. The smallest absolute Gasteiger partial charge is 0.278 e. The number of hydrogen-bond donors (Lipinski definition) is 3. The van der Waals surface area contributed by atoms with Gasteiger partial charge in [-0.15, -0.1) is 0 Å². The molecule has 0 spiro atoms. The van der Waals surface area contributed by atoms with Gasteiger partial charge in [-0.3, -0.25) is 4.79 Å². The summed E-state index contributed by atoms with van der Waals surface area (Å²) in [6.07, 6.45) is 0. The number of nitrogens with one attached hydrogen (secondary N) is 3. The van der Waals surface area contributed by atoms with E-state index in [9.17, 15) is 4.79 Å². The summed E-state index contributed by atoms with van der Waals surface area (Å²) in [6, 6.07) is 14.2. The van der Waals surface area contributed by atoms with Crippen LogP contribution >= 0.6 is 0 Å². The molecule has 6 heteroatoms. The molecule has 1 saturated heterocycles. The summed E-state index contributed by atoms with van der Waals surface area (Å²) < 4.78 is 10.9. The summed E-state index contributed by atoms with van der Waals surface area (Å²) >= 11 is 0. The van der Waals surface area contributed by atoms with Crippen molar-refractivity contribution in [2.75, 3.05) is 40.4 Å². The summed E-state index contributed by atoms with van der Waals surface area (Å²) in [6.45, 7) is 9.83. The van der Waals surface area contributed by atoms with Crippen LogP contribution in [0, 0.1) is 6.92 Å². The first-order valence-corrected chi connectivity index (χ1v) is 10.7. The molecular formula is C24H35N3O3+2. The monoisotopic (exact) mass is 413 g/mol. The van der Waals surface area contributed by atoms with Crippen LogP contribution in [0.25, 0.3) is 0 Å². The first-order chi connectivity index (χ1) is 14.5. The van der Waals surface area contributed by atoms with Gasteiger partial charge < -0.3 is 24.6 Å². The maximum absolute atomic E-state index is 12.6. The molecule has 2 aromatic rings. The van der Waals surface area contributed by atoms with Crippen molar-refractivity contribution in [3.05, 3.63) is 59.2 Å². The number of aryl methyl sites for hydroxylation is 1. The van der Waals surface area contributed by atoms with Gasteiger partial charge in [0.25, 0.3) is 5.91 Å². The fourth-order valence-corrected chi connectivity index (χ4v) is 4.14. The molecule has 1 fully saturated rings. The Morgan fingerprint density at radius 1 is 1.03 bits per heavy atom. The zero-order valence-electron chi connectivity index (χ0n) is 18.6. The third-order valence-electron chi connectivity index (χ3n) is 6.20. The second-order valence-electron chi connectivity index (χ2n) is 8.14. The molecule has 0 aromatic heterocycles. The van der Waals surface area contributed by atoms with Crippen LogP contribution in [0.1, 0.15) is 23.6 Å². The highest BCUT2D eigenvalue weighted by molar-refractivity contribution is 5.79. The largest absolute Gasteiger partial charge is 0.493 e. The highest BCUT2D eigenvalue weighted by Gasteiger charge is 2.31. The minimum atomic E-state index is -0.0296. The van der Waals surface area contributed by atoms with Crippen molar-refractivity contribution in [2.24, 2.45) is 0 Å². The molecule has 162 valence electrons. The van der Waals surface area contributed by atoms with Crippen molar-refractivity contribution in [3.8, 4) is 11.5 Å². The molecule has 0 saturated carbocycles. The molecule has 30 heavy (non-hydrogen) atoms. The normalized spacial score (nSPS) is 19.7. The molecule has 1 atom stereocenters. The summed E-state index contributed by atoms with van der Waals surface area (Å²) in [5, 5.41) is 3.09. The van der Waals surface area contributed by atoms with Gasteiger partial charge in [0.05, 0.1) is 14.2 Å². The first kappa shape index (κ1) is 22.1. The zero-order valence-corrected chi connectivity index (χ0v) is 18.6. The molecule has 0 bridgehead atoms. The molecule has 0 radical (unpaired) electrons. The lowest BCUT2D eigenvalue weighted by molar-refractivity contribution is -1.02. The van der Waals surface area contributed by atoms with Crippen LogP contribution in [0.15, 0.2) is 42.5 Å². The molecule has 0 aliphatic carbocycles. The maximum atomic E-state index is 12.6. The molecule has 3 rings (SSSR count). The Hall–Kier alpha value is -2.57. The Kier molecular flexibility index (Phi) is 7.71. The van der Waals surface area contributed by atoms with Crippen molar-refractivity contribution >= 4 is 5.91 Å². The Morgan fingerprint density at radius 2 is 1.67 bits per heavy atom. The van der Waals surface area contributed by atoms with Crippen molar-refractivity contribution < 1.29 is 24.1 Å². The van der Waals surface area contributed by atoms with Gasteiger partial charge in [-0.1, -0.05) is 30.3 Å². The number of ether oxygens (including phenoxy) is 2. The SMILES string of the molecule is COc1cc(C)c(C[NH+]2CC[NH+]([C@@H](C)C(=O)NCc3ccccc3)CC2)cc1OC. The number of piperazine rings is 1. The van der Waals surface area contributed by atoms with E-state index in [0.717, 1.165) is 49.8 Å². The highest BCUT2D eigenvalue weighted by Crippen LogP contribution is 2.29. The summed E-state index contributed by atoms with van der Waals surface area (Å²) in [5.41, 5.74) is 3.65. The van der Waals surface area contributed by atoms with Gasteiger partial charge in [0.2, 0.25) is 0 Å². The number of amides is 1.